The molecule has 0 saturated heterocycles. The molecule has 68 valence electrons. The molecule has 0 fully saturated rings. The van der Waals surface area contributed by atoms with Gasteiger partial charge in [0.05, 0.1) is 0 Å². The molecule has 11 heavy (non-hydrogen) atoms. The quantitative estimate of drug-likeness (QED) is 0.682. The van der Waals surface area contributed by atoms with Gasteiger partial charge in [0, 0.05) is 7.05 Å². The first-order chi connectivity index (χ1) is 4.45. The molecule has 7 heteroatoms. The average Bonchev–Trinajstić information content (AvgIpc) is 1.81. The van der Waals surface area contributed by atoms with Gasteiger partial charge in [-0.25, -0.2) is 4.79 Å². The third kappa shape index (κ3) is 9.35. The van der Waals surface area contributed by atoms with Crippen molar-refractivity contribution in [3.05, 3.63) is 0 Å². The normalized spacial score (nSPS) is 9.82. The summed E-state index contributed by atoms with van der Waals surface area (Å²) in [7, 11) is 1.18. The Morgan fingerprint density at radius 3 is 2.27 bits per heavy atom. The summed E-state index contributed by atoms with van der Waals surface area (Å²) < 4.78 is 37.4. The first-order valence-corrected chi connectivity index (χ1v) is 2.37. The zero-order chi connectivity index (χ0) is 8.20. The molecule has 0 aromatic carbocycles. The summed E-state index contributed by atoms with van der Waals surface area (Å²) in [5, 5.41) is 1.88. The van der Waals surface area contributed by atoms with Crippen LogP contribution in [-0.2, 0) is 4.74 Å². The van der Waals surface area contributed by atoms with E-state index in [1.165, 1.54) is 7.05 Å². The minimum atomic E-state index is -4.45. The molecule has 1 amide bonds. The standard InChI is InChI=1S/C4H6F3NO2.ClH/c1-8-3(9)10-2-4(5,6)7;/h2H2,1H3,(H,8,9);1H. The number of halogens is 4. The molecule has 0 heterocycles. The van der Waals surface area contributed by atoms with E-state index in [1.54, 1.807) is 0 Å². The number of alkyl halides is 3. The van der Waals surface area contributed by atoms with Crippen molar-refractivity contribution in [3.8, 4) is 0 Å². The molecule has 0 radical (unpaired) electrons. The first kappa shape index (κ1) is 13.0. The summed E-state index contributed by atoms with van der Waals surface area (Å²) >= 11 is 0. The summed E-state index contributed by atoms with van der Waals surface area (Å²) in [4.78, 5) is 10.0. The van der Waals surface area contributed by atoms with Gasteiger partial charge >= 0.3 is 12.3 Å². The molecule has 0 aromatic rings. The Morgan fingerprint density at radius 1 is 1.55 bits per heavy atom. The van der Waals surface area contributed by atoms with Crippen molar-refractivity contribution < 1.29 is 22.7 Å². The van der Waals surface area contributed by atoms with Crippen LogP contribution < -0.4 is 5.32 Å². The van der Waals surface area contributed by atoms with Gasteiger partial charge in [0.25, 0.3) is 0 Å². The average molecular weight is 194 g/mol. The van der Waals surface area contributed by atoms with E-state index in [-0.39, 0.29) is 12.4 Å². The van der Waals surface area contributed by atoms with Gasteiger partial charge in [-0.05, 0) is 0 Å². The van der Waals surface area contributed by atoms with Crippen LogP contribution in [0.15, 0.2) is 0 Å². The Kier molecular flexibility index (Phi) is 5.97. The van der Waals surface area contributed by atoms with Gasteiger partial charge in [0.2, 0.25) is 0 Å². The zero-order valence-corrected chi connectivity index (χ0v) is 6.38. The monoisotopic (exact) mass is 193 g/mol. The summed E-state index contributed by atoms with van der Waals surface area (Å²) in [5.41, 5.74) is 0. The van der Waals surface area contributed by atoms with Crippen LogP contribution in [0.25, 0.3) is 0 Å². The molecule has 0 spiro atoms. The van der Waals surface area contributed by atoms with E-state index < -0.39 is 18.9 Å². The predicted octanol–water partition coefficient (Wildman–Crippen LogP) is 1.33. The fourth-order valence-corrected chi connectivity index (χ4v) is 0.220. The fourth-order valence-electron chi connectivity index (χ4n) is 0.220. The topological polar surface area (TPSA) is 38.3 Å². The van der Waals surface area contributed by atoms with Gasteiger partial charge in [-0.3, -0.25) is 0 Å². The van der Waals surface area contributed by atoms with Crippen molar-refractivity contribution in [1.82, 2.24) is 5.32 Å². The molecular formula is C4H7ClF3NO2. The largest absolute Gasteiger partial charge is 0.440 e. The molecule has 3 nitrogen and oxygen atoms in total. The highest BCUT2D eigenvalue weighted by Crippen LogP contribution is 2.14. The smallest absolute Gasteiger partial charge is 0.422 e. The maximum absolute atomic E-state index is 11.2. The highest BCUT2D eigenvalue weighted by atomic mass is 35.5. The van der Waals surface area contributed by atoms with Crippen LogP contribution in [0.3, 0.4) is 0 Å². The fraction of sp³-hybridized carbons (Fsp3) is 0.750. The number of carbonyl (C=O) groups excluding carboxylic acids is 1. The van der Waals surface area contributed by atoms with Crippen LogP contribution in [0.5, 0.6) is 0 Å². The van der Waals surface area contributed by atoms with Crippen molar-refractivity contribution in [2.45, 2.75) is 6.18 Å². The number of carbonyl (C=O) groups is 1. The Balaban J connectivity index is 0. The molecule has 1 N–H and O–H groups in total. The van der Waals surface area contributed by atoms with E-state index in [4.69, 9.17) is 0 Å². The number of hydrogen-bond donors (Lipinski definition) is 1. The molecular weight excluding hydrogens is 186 g/mol. The summed E-state index contributed by atoms with van der Waals surface area (Å²) in [6.45, 7) is -1.55. The van der Waals surface area contributed by atoms with Gasteiger partial charge < -0.3 is 10.1 Å². The van der Waals surface area contributed by atoms with Crippen LogP contribution in [0.1, 0.15) is 0 Å². The Labute approximate surface area is 67.3 Å². The van der Waals surface area contributed by atoms with Crippen molar-refractivity contribution in [2.75, 3.05) is 13.7 Å². The first-order valence-electron chi connectivity index (χ1n) is 2.37. The SMILES string of the molecule is CNC(=O)OCC(F)(F)F.Cl. The van der Waals surface area contributed by atoms with Crippen LogP contribution in [0, 0.1) is 0 Å². The molecule has 0 bridgehead atoms. The van der Waals surface area contributed by atoms with Crippen LogP contribution in [0.4, 0.5) is 18.0 Å². The highest BCUT2D eigenvalue weighted by molar-refractivity contribution is 5.85. The molecule has 0 saturated carbocycles. The van der Waals surface area contributed by atoms with Gasteiger partial charge in [0.15, 0.2) is 6.61 Å². The number of nitrogens with one attached hydrogen (secondary N) is 1. The molecule has 0 aromatic heterocycles. The highest BCUT2D eigenvalue weighted by Gasteiger charge is 2.29. The lowest BCUT2D eigenvalue weighted by atomic mass is 10.7. The second-order valence-electron chi connectivity index (χ2n) is 1.44. The van der Waals surface area contributed by atoms with E-state index >= 15 is 0 Å². The Bertz CT molecular complexity index is 127. The molecule has 0 rings (SSSR count). The second kappa shape index (κ2) is 5.06. The Hall–Kier alpha value is -0.650. The van der Waals surface area contributed by atoms with Gasteiger partial charge in [-0.1, -0.05) is 0 Å². The minimum absolute atomic E-state index is 0. The van der Waals surface area contributed by atoms with Crippen LogP contribution >= 0.6 is 12.4 Å². The van der Waals surface area contributed by atoms with E-state index in [0.717, 1.165) is 0 Å². The summed E-state index contributed by atoms with van der Waals surface area (Å²) in [6, 6.07) is 0. The third-order valence-corrected chi connectivity index (χ3v) is 0.571. The lowest BCUT2D eigenvalue weighted by Gasteiger charge is -2.05. The number of amides is 1. The lowest BCUT2D eigenvalue weighted by molar-refractivity contribution is -0.160. The molecule has 0 aliphatic carbocycles. The van der Waals surface area contributed by atoms with Gasteiger partial charge in [0.1, 0.15) is 0 Å². The van der Waals surface area contributed by atoms with E-state index in [2.05, 4.69) is 4.74 Å². The van der Waals surface area contributed by atoms with Crippen LogP contribution in [0.2, 0.25) is 0 Å². The molecule has 0 aliphatic heterocycles. The van der Waals surface area contributed by atoms with E-state index in [1.807, 2.05) is 5.32 Å². The van der Waals surface area contributed by atoms with Gasteiger partial charge in [-0.15, -0.1) is 12.4 Å². The number of ether oxygens (including phenoxy) is 1. The zero-order valence-electron chi connectivity index (χ0n) is 5.57. The third-order valence-electron chi connectivity index (χ3n) is 0.571. The van der Waals surface area contributed by atoms with E-state index in [0.29, 0.717) is 0 Å². The predicted molar refractivity (Wildman–Crippen MR) is 33.7 cm³/mol. The van der Waals surface area contributed by atoms with Crippen molar-refractivity contribution in [3.63, 3.8) is 0 Å². The summed E-state index contributed by atoms with van der Waals surface area (Å²) in [5.74, 6) is 0. The van der Waals surface area contributed by atoms with Crippen molar-refractivity contribution in [2.24, 2.45) is 0 Å². The van der Waals surface area contributed by atoms with E-state index in [9.17, 15) is 18.0 Å². The maximum atomic E-state index is 11.2. The molecule has 0 unspecified atom stereocenters. The van der Waals surface area contributed by atoms with Crippen molar-refractivity contribution >= 4 is 18.5 Å². The van der Waals surface area contributed by atoms with Crippen LogP contribution in [-0.4, -0.2) is 25.9 Å². The lowest BCUT2D eigenvalue weighted by Crippen LogP contribution is -2.26. The summed E-state index contributed by atoms with van der Waals surface area (Å²) in [6.07, 6.45) is -5.54. The maximum Gasteiger partial charge on any atom is 0.422 e. The number of alkyl carbamates (subject to hydrolysis) is 1. The number of rotatable bonds is 1. The Morgan fingerprint density at radius 2 is 2.00 bits per heavy atom. The minimum Gasteiger partial charge on any atom is -0.440 e. The van der Waals surface area contributed by atoms with Gasteiger partial charge in [-0.2, -0.15) is 13.2 Å². The van der Waals surface area contributed by atoms with Crippen molar-refractivity contribution in [1.29, 1.82) is 0 Å². The second-order valence-corrected chi connectivity index (χ2v) is 1.44. The number of hydrogen-bond acceptors (Lipinski definition) is 2. The molecule has 0 aliphatic rings. The molecule has 0 atom stereocenters.